The van der Waals surface area contributed by atoms with Crippen LogP contribution in [0.4, 0.5) is 18.0 Å². The number of aliphatic hydroxyl groups is 1. The number of halogens is 5. The molecule has 0 spiro atoms. The van der Waals surface area contributed by atoms with E-state index in [0.717, 1.165) is 41.3 Å². The van der Waals surface area contributed by atoms with Gasteiger partial charge in [-0.25, -0.2) is 4.79 Å². The molecule has 1 saturated heterocycles. The standard InChI is InChI=1S/C30H28Cl2F3N3O6S/c1-29(2,3)44-28(40)37-15-17(14-36-45(41,42)21-8-6-20(7-9-21)43-30(33,34)35)27(39)26(16-37)38-24-10-4-18(31)12-22(24)23-13-19(32)5-11-25(23)38/h4-14,17,26-27,39H,15-16H2,1-3H3/b36-14+/t17?,26-,27-/m0/s1. The van der Waals surface area contributed by atoms with E-state index in [-0.39, 0.29) is 13.1 Å². The van der Waals surface area contributed by atoms with Crippen molar-refractivity contribution in [2.75, 3.05) is 13.1 Å². The minimum Gasteiger partial charge on any atom is -0.444 e. The van der Waals surface area contributed by atoms with Crippen LogP contribution in [-0.4, -0.2) is 66.5 Å². The van der Waals surface area contributed by atoms with E-state index >= 15 is 0 Å². The van der Waals surface area contributed by atoms with Crippen molar-refractivity contribution in [3.05, 3.63) is 70.7 Å². The first-order valence-electron chi connectivity index (χ1n) is 13.6. The van der Waals surface area contributed by atoms with Crippen LogP contribution in [0.2, 0.25) is 10.0 Å². The summed E-state index contributed by atoms with van der Waals surface area (Å²) >= 11 is 12.6. The van der Waals surface area contributed by atoms with Gasteiger partial charge in [0.05, 0.1) is 17.0 Å². The lowest BCUT2D eigenvalue weighted by Crippen LogP contribution is -2.53. The minimum atomic E-state index is -4.94. The van der Waals surface area contributed by atoms with Gasteiger partial charge >= 0.3 is 12.5 Å². The van der Waals surface area contributed by atoms with Crippen LogP contribution in [0.5, 0.6) is 5.75 Å². The Labute approximate surface area is 266 Å². The van der Waals surface area contributed by atoms with Crippen molar-refractivity contribution in [1.82, 2.24) is 9.47 Å². The van der Waals surface area contributed by atoms with Crippen molar-refractivity contribution in [2.45, 2.75) is 49.8 Å². The third kappa shape index (κ3) is 7.32. The number of piperidine rings is 1. The summed E-state index contributed by atoms with van der Waals surface area (Å²) in [6, 6.07) is 13.2. The molecule has 3 atom stereocenters. The Morgan fingerprint density at radius 3 is 2.02 bits per heavy atom. The zero-order chi connectivity index (χ0) is 32.9. The lowest BCUT2D eigenvalue weighted by molar-refractivity contribution is -0.274. The van der Waals surface area contributed by atoms with Crippen LogP contribution in [0.25, 0.3) is 21.8 Å². The van der Waals surface area contributed by atoms with Gasteiger partial charge in [-0.1, -0.05) is 23.2 Å². The Bertz CT molecular complexity index is 1830. The number of ether oxygens (including phenoxy) is 2. The molecule has 1 N–H and O–H groups in total. The smallest absolute Gasteiger partial charge is 0.444 e. The minimum absolute atomic E-state index is 0.0119. The van der Waals surface area contributed by atoms with Gasteiger partial charge in [-0.2, -0.15) is 12.8 Å². The maximum atomic E-state index is 13.3. The van der Waals surface area contributed by atoms with Crippen LogP contribution in [0.15, 0.2) is 70.0 Å². The van der Waals surface area contributed by atoms with Crippen LogP contribution < -0.4 is 4.74 Å². The lowest BCUT2D eigenvalue weighted by Gasteiger charge is -2.41. The van der Waals surface area contributed by atoms with Crippen molar-refractivity contribution in [1.29, 1.82) is 0 Å². The Kier molecular flexibility index (Phi) is 8.77. The van der Waals surface area contributed by atoms with Crippen molar-refractivity contribution in [3.63, 3.8) is 0 Å². The van der Waals surface area contributed by atoms with E-state index in [4.69, 9.17) is 27.9 Å². The van der Waals surface area contributed by atoms with E-state index in [0.29, 0.717) is 21.1 Å². The molecule has 1 fully saturated rings. The maximum Gasteiger partial charge on any atom is 0.573 e. The number of amides is 1. The molecule has 1 amide bonds. The van der Waals surface area contributed by atoms with Crippen LogP contribution in [0.1, 0.15) is 26.8 Å². The molecule has 1 aromatic heterocycles. The molecule has 1 aliphatic rings. The maximum absolute atomic E-state index is 13.3. The van der Waals surface area contributed by atoms with Crippen molar-refractivity contribution in [3.8, 4) is 5.75 Å². The van der Waals surface area contributed by atoms with Crippen LogP contribution in [0.3, 0.4) is 0 Å². The monoisotopic (exact) mass is 685 g/mol. The van der Waals surface area contributed by atoms with E-state index in [1.165, 1.54) is 4.90 Å². The molecule has 9 nitrogen and oxygen atoms in total. The normalized spacial score (nSPS) is 19.8. The number of aromatic nitrogens is 1. The summed E-state index contributed by atoms with van der Waals surface area (Å²) in [5.41, 5.74) is 0.546. The molecule has 240 valence electrons. The largest absolute Gasteiger partial charge is 0.573 e. The number of benzene rings is 3. The molecule has 45 heavy (non-hydrogen) atoms. The highest BCUT2D eigenvalue weighted by Crippen LogP contribution is 2.39. The van der Waals surface area contributed by atoms with Crippen LogP contribution >= 0.6 is 23.2 Å². The Balaban J connectivity index is 1.54. The van der Waals surface area contributed by atoms with E-state index in [1.54, 1.807) is 57.2 Å². The summed E-state index contributed by atoms with van der Waals surface area (Å²) in [7, 11) is -4.41. The summed E-state index contributed by atoms with van der Waals surface area (Å²) in [6.45, 7) is 5.01. The fourth-order valence-corrected chi connectivity index (χ4v) is 6.55. The van der Waals surface area contributed by atoms with E-state index < -0.39 is 56.8 Å². The van der Waals surface area contributed by atoms with E-state index in [2.05, 4.69) is 9.13 Å². The van der Waals surface area contributed by atoms with Gasteiger partial charge < -0.3 is 24.0 Å². The fraction of sp³-hybridized carbons (Fsp3) is 0.333. The van der Waals surface area contributed by atoms with Crippen LogP contribution in [0, 0.1) is 5.92 Å². The first kappa shape index (κ1) is 32.9. The first-order valence-corrected chi connectivity index (χ1v) is 15.8. The summed E-state index contributed by atoms with van der Waals surface area (Å²) in [5.74, 6) is -1.59. The van der Waals surface area contributed by atoms with Crippen LogP contribution in [-0.2, 0) is 14.8 Å². The highest BCUT2D eigenvalue weighted by molar-refractivity contribution is 7.90. The number of carbonyl (C=O) groups excluding carboxylic acids is 1. The molecule has 0 bridgehead atoms. The number of aliphatic hydroxyl groups excluding tert-OH is 1. The molecule has 15 heteroatoms. The van der Waals surface area contributed by atoms with Gasteiger partial charge in [0.1, 0.15) is 11.4 Å². The second-order valence-corrected chi connectivity index (χ2v) is 14.1. The third-order valence-electron chi connectivity index (χ3n) is 7.13. The number of fused-ring (bicyclic) bond motifs is 3. The second kappa shape index (κ2) is 12.0. The van der Waals surface area contributed by atoms with Gasteiger partial charge in [-0.15, -0.1) is 13.2 Å². The molecule has 1 unspecified atom stereocenters. The molecule has 1 aliphatic heterocycles. The molecule has 0 aliphatic carbocycles. The number of nitrogens with zero attached hydrogens (tertiary/aromatic N) is 3. The van der Waals surface area contributed by atoms with Gasteiger partial charge in [0.15, 0.2) is 0 Å². The summed E-state index contributed by atoms with van der Waals surface area (Å²) in [4.78, 5) is 14.3. The predicted molar refractivity (Wildman–Crippen MR) is 165 cm³/mol. The number of likely N-dealkylation sites (tertiary alicyclic amines) is 1. The van der Waals surface area contributed by atoms with Gasteiger partial charge in [0.2, 0.25) is 0 Å². The predicted octanol–water partition coefficient (Wildman–Crippen LogP) is 7.23. The summed E-state index contributed by atoms with van der Waals surface area (Å²) in [6.07, 6.45) is -5.82. The molecule has 3 aromatic carbocycles. The van der Waals surface area contributed by atoms with Gasteiger partial charge in [-0.3, -0.25) is 0 Å². The Morgan fingerprint density at radius 2 is 1.51 bits per heavy atom. The molecule has 0 radical (unpaired) electrons. The zero-order valence-electron chi connectivity index (χ0n) is 24.1. The van der Waals surface area contributed by atoms with Crippen molar-refractivity contribution >= 4 is 67.3 Å². The zero-order valence-corrected chi connectivity index (χ0v) is 26.5. The van der Waals surface area contributed by atoms with E-state index in [1.807, 2.05) is 4.57 Å². The van der Waals surface area contributed by atoms with Gasteiger partial charge in [0.25, 0.3) is 10.0 Å². The molecule has 2 heterocycles. The number of alkyl halides is 3. The average Bonchev–Trinajstić information content (AvgIpc) is 3.23. The highest BCUT2D eigenvalue weighted by atomic mass is 35.5. The topological polar surface area (TPSA) is 110 Å². The SMILES string of the molecule is CC(C)(C)OC(=O)N1CC(/C=N/S(=O)(=O)c2ccc(OC(F)(F)F)cc2)[C@H](O)[C@@H](n2c3ccc(Cl)cc3c3cc(Cl)ccc32)C1. The number of carbonyl (C=O) groups is 1. The lowest BCUT2D eigenvalue weighted by atomic mass is 9.91. The third-order valence-corrected chi connectivity index (χ3v) is 8.86. The highest BCUT2D eigenvalue weighted by Gasteiger charge is 2.41. The fourth-order valence-electron chi connectivity index (χ4n) is 5.29. The summed E-state index contributed by atoms with van der Waals surface area (Å²) in [5, 5.41) is 14.2. The average molecular weight is 687 g/mol. The second-order valence-electron chi connectivity index (χ2n) is 11.5. The van der Waals surface area contributed by atoms with Crippen molar-refractivity contribution in [2.24, 2.45) is 10.3 Å². The van der Waals surface area contributed by atoms with Crippen molar-refractivity contribution < 1.29 is 41.0 Å². The summed E-state index contributed by atoms with van der Waals surface area (Å²) < 4.78 is 78.6. The number of hydrogen-bond donors (Lipinski definition) is 1. The molecule has 0 saturated carbocycles. The van der Waals surface area contributed by atoms with E-state index in [9.17, 15) is 31.5 Å². The quantitative estimate of drug-likeness (QED) is 0.222. The Hall–Kier alpha value is -3.52. The van der Waals surface area contributed by atoms with Gasteiger partial charge in [-0.05, 0) is 81.4 Å². The number of rotatable bonds is 5. The number of sulfonamides is 1. The van der Waals surface area contributed by atoms with Gasteiger partial charge in [0, 0.05) is 57.1 Å². The first-order chi connectivity index (χ1) is 20.9. The Morgan fingerprint density at radius 1 is 0.956 bits per heavy atom. The molecule has 4 aromatic rings. The molecular formula is C30H28Cl2F3N3O6S. The molecule has 5 rings (SSSR count). The molecular weight excluding hydrogens is 658 g/mol. The number of hydrogen-bond acceptors (Lipinski definition) is 6.